The van der Waals surface area contributed by atoms with Crippen LogP contribution in [0, 0.1) is 0 Å². The summed E-state index contributed by atoms with van der Waals surface area (Å²) >= 11 is 11.7. The molecular weight excluding hydrogens is 313 g/mol. The van der Waals surface area contributed by atoms with Crippen molar-refractivity contribution >= 4 is 40.8 Å². The van der Waals surface area contributed by atoms with Gasteiger partial charge in [-0.1, -0.05) is 29.3 Å². The summed E-state index contributed by atoms with van der Waals surface area (Å²) in [6, 6.07) is 11.0. The average molecular weight is 324 g/mol. The molecule has 2 aromatic rings. The third kappa shape index (κ3) is 3.74. The molecule has 0 heterocycles. The molecule has 0 fully saturated rings. The molecule has 0 atom stereocenters. The molecule has 4 nitrogen and oxygen atoms in total. The number of nitrogens with one attached hydrogen (secondary N) is 1. The lowest BCUT2D eigenvalue weighted by atomic mass is 10.1. The summed E-state index contributed by atoms with van der Waals surface area (Å²) in [5.41, 5.74) is 0.870. The Morgan fingerprint density at radius 1 is 1.05 bits per heavy atom. The predicted octanol–water partition coefficient (Wildman–Crippen LogP) is 4.03. The fraction of sp³-hybridized carbons (Fsp3) is 0.0667. The summed E-state index contributed by atoms with van der Waals surface area (Å²) in [5, 5.41) is 3.47. The van der Waals surface area contributed by atoms with Crippen LogP contribution in [0.3, 0.4) is 0 Å². The Balaban J connectivity index is 2.32. The van der Waals surface area contributed by atoms with Crippen molar-refractivity contribution < 1.29 is 14.3 Å². The number of methoxy groups -OCH3 is 1. The van der Waals surface area contributed by atoms with Crippen molar-refractivity contribution in [3.63, 3.8) is 0 Å². The van der Waals surface area contributed by atoms with Gasteiger partial charge in [0.1, 0.15) is 0 Å². The van der Waals surface area contributed by atoms with E-state index in [4.69, 9.17) is 23.2 Å². The molecule has 0 aromatic heterocycles. The van der Waals surface area contributed by atoms with Gasteiger partial charge in [0.25, 0.3) is 5.91 Å². The van der Waals surface area contributed by atoms with Crippen molar-refractivity contribution in [3.05, 3.63) is 63.6 Å². The van der Waals surface area contributed by atoms with Crippen LogP contribution in [0.5, 0.6) is 0 Å². The highest BCUT2D eigenvalue weighted by atomic mass is 35.5. The van der Waals surface area contributed by atoms with Crippen LogP contribution in [0.25, 0.3) is 0 Å². The Hall–Kier alpha value is -2.04. The van der Waals surface area contributed by atoms with Crippen LogP contribution in [0.15, 0.2) is 42.5 Å². The summed E-state index contributed by atoms with van der Waals surface area (Å²) in [6.45, 7) is 0. The van der Waals surface area contributed by atoms with Crippen molar-refractivity contribution in [1.82, 2.24) is 0 Å². The van der Waals surface area contributed by atoms with Crippen LogP contribution >= 0.6 is 23.2 Å². The van der Waals surface area contributed by atoms with Crippen LogP contribution in [-0.2, 0) is 4.74 Å². The molecule has 6 heteroatoms. The number of rotatable bonds is 3. The molecule has 2 aromatic carbocycles. The van der Waals surface area contributed by atoms with Crippen molar-refractivity contribution in [2.75, 3.05) is 12.4 Å². The van der Waals surface area contributed by atoms with E-state index in [2.05, 4.69) is 10.1 Å². The Bertz CT molecular complexity index is 701. The van der Waals surface area contributed by atoms with E-state index in [1.165, 1.54) is 25.3 Å². The number of amides is 1. The smallest absolute Gasteiger partial charge is 0.339 e. The van der Waals surface area contributed by atoms with Gasteiger partial charge in [0.05, 0.1) is 18.4 Å². The van der Waals surface area contributed by atoms with E-state index in [1.807, 2.05) is 0 Å². The highest BCUT2D eigenvalue weighted by Gasteiger charge is 2.15. The minimum absolute atomic E-state index is 0.220. The van der Waals surface area contributed by atoms with Crippen LogP contribution in [0.4, 0.5) is 5.69 Å². The van der Waals surface area contributed by atoms with Crippen molar-refractivity contribution in [2.24, 2.45) is 0 Å². The third-order valence-electron chi connectivity index (χ3n) is 2.72. The molecule has 0 bridgehead atoms. The van der Waals surface area contributed by atoms with Gasteiger partial charge >= 0.3 is 5.97 Å². The van der Waals surface area contributed by atoms with Gasteiger partial charge in [-0.2, -0.15) is 0 Å². The van der Waals surface area contributed by atoms with E-state index in [9.17, 15) is 9.59 Å². The van der Waals surface area contributed by atoms with Crippen molar-refractivity contribution in [1.29, 1.82) is 0 Å². The Morgan fingerprint density at radius 2 is 1.76 bits per heavy atom. The van der Waals surface area contributed by atoms with E-state index in [-0.39, 0.29) is 11.3 Å². The van der Waals surface area contributed by atoms with Gasteiger partial charge in [0.15, 0.2) is 0 Å². The van der Waals surface area contributed by atoms with E-state index in [0.29, 0.717) is 15.6 Å². The minimum Gasteiger partial charge on any atom is -0.465 e. The van der Waals surface area contributed by atoms with Gasteiger partial charge in [-0.15, -0.1) is 0 Å². The Kier molecular flexibility index (Phi) is 4.83. The highest BCUT2D eigenvalue weighted by molar-refractivity contribution is 6.31. The molecule has 2 rings (SSSR count). The highest BCUT2D eigenvalue weighted by Crippen LogP contribution is 2.23. The van der Waals surface area contributed by atoms with E-state index >= 15 is 0 Å². The first-order valence-corrected chi connectivity index (χ1v) is 6.71. The molecule has 1 N–H and O–H groups in total. The lowest BCUT2D eigenvalue weighted by Gasteiger charge is -2.10. The molecule has 0 saturated heterocycles. The lowest BCUT2D eigenvalue weighted by Crippen LogP contribution is -2.15. The quantitative estimate of drug-likeness (QED) is 0.867. The zero-order valence-electron chi connectivity index (χ0n) is 11.0. The second-order valence-corrected chi connectivity index (χ2v) is 5.02. The molecule has 1 amide bonds. The molecule has 21 heavy (non-hydrogen) atoms. The standard InChI is InChI=1S/C15H11Cl2NO3/c1-21-15(20)12-6-5-11(17)8-13(12)18-14(19)9-3-2-4-10(16)7-9/h2-8H,1H3,(H,18,19). The molecule has 0 unspecified atom stereocenters. The zero-order valence-corrected chi connectivity index (χ0v) is 12.5. The van der Waals surface area contributed by atoms with E-state index < -0.39 is 11.9 Å². The van der Waals surface area contributed by atoms with Crippen molar-refractivity contribution in [3.8, 4) is 0 Å². The average Bonchev–Trinajstić information content (AvgIpc) is 2.46. The number of ether oxygens (including phenoxy) is 1. The first kappa shape index (κ1) is 15.4. The second kappa shape index (κ2) is 6.61. The van der Waals surface area contributed by atoms with Crippen LogP contribution in [0.1, 0.15) is 20.7 Å². The largest absolute Gasteiger partial charge is 0.465 e. The Morgan fingerprint density at radius 3 is 2.43 bits per heavy atom. The predicted molar refractivity (Wildman–Crippen MR) is 82.2 cm³/mol. The number of carbonyl (C=O) groups excluding carboxylic acids is 2. The van der Waals surface area contributed by atoms with E-state index in [0.717, 1.165) is 0 Å². The molecule has 0 aliphatic carbocycles. The number of halogens is 2. The van der Waals surface area contributed by atoms with Crippen LogP contribution < -0.4 is 5.32 Å². The molecule has 0 radical (unpaired) electrons. The molecule has 0 aliphatic heterocycles. The number of benzene rings is 2. The summed E-state index contributed by atoms with van der Waals surface area (Å²) in [5.74, 6) is -0.960. The van der Waals surface area contributed by atoms with Gasteiger partial charge in [0.2, 0.25) is 0 Å². The molecule has 0 aliphatic rings. The maximum absolute atomic E-state index is 12.2. The molecule has 0 spiro atoms. The lowest BCUT2D eigenvalue weighted by molar-refractivity contribution is 0.0602. The maximum atomic E-state index is 12.2. The maximum Gasteiger partial charge on any atom is 0.339 e. The Labute approximate surface area is 131 Å². The second-order valence-electron chi connectivity index (χ2n) is 4.15. The number of anilines is 1. The van der Waals surface area contributed by atoms with Gasteiger partial charge in [-0.3, -0.25) is 4.79 Å². The fourth-order valence-electron chi connectivity index (χ4n) is 1.73. The number of carbonyl (C=O) groups is 2. The first-order valence-electron chi connectivity index (χ1n) is 5.96. The number of hydrogen-bond donors (Lipinski definition) is 1. The first-order chi connectivity index (χ1) is 10.0. The normalized spacial score (nSPS) is 10.0. The van der Waals surface area contributed by atoms with Gasteiger partial charge in [0, 0.05) is 15.6 Å². The minimum atomic E-state index is -0.562. The van der Waals surface area contributed by atoms with Gasteiger partial charge in [-0.25, -0.2) is 4.79 Å². The summed E-state index contributed by atoms with van der Waals surface area (Å²) in [6.07, 6.45) is 0. The van der Waals surface area contributed by atoms with Gasteiger partial charge in [-0.05, 0) is 36.4 Å². The fourth-order valence-corrected chi connectivity index (χ4v) is 2.09. The summed E-state index contributed by atoms with van der Waals surface area (Å²) < 4.78 is 4.67. The topological polar surface area (TPSA) is 55.4 Å². The zero-order chi connectivity index (χ0) is 15.4. The molecule has 108 valence electrons. The number of esters is 1. The summed E-state index contributed by atoms with van der Waals surface area (Å²) in [7, 11) is 1.26. The van der Waals surface area contributed by atoms with E-state index in [1.54, 1.807) is 24.3 Å². The summed E-state index contributed by atoms with van der Waals surface area (Å²) in [4.78, 5) is 23.9. The van der Waals surface area contributed by atoms with Crippen LogP contribution in [-0.4, -0.2) is 19.0 Å². The van der Waals surface area contributed by atoms with Crippen molar-refractivity contribution in [2.45, 2.75) is 0 Å². The number of hydrogen-bond acceptors (Lipinski definition) is 3. The molecular formula is C15H11Cl2NO3. The van der Waals surface area contributed by atoms with Crippen LogP contribution in [0.2, 0.25) is 10.0 Å². The molecule has 0 saturated carbocycles. The van der Waals surface area contributed by atoms with Gasteiger partial charge < -0.3 is 10.1 Å². The monoisotopic (exact) mass is 323 g/mol. The third-order valence-corrected chi connectivity index (χ3v) is 3.19. The SMILES string of the molecule is COC(=O)c1ccc(Cl)cc1NC(=O)c1cccc(Cl)c1.